The zero-order chi connectivity index (χ0) is 12.1. The smallest absolute Gasteiger partial charge is 0.0334 e. The zero-order valence-electron chi connectivity index (χ0n) is 11.8. The quantitative estimate of drug-likeness (QED) is 0.686. The maximum absolute atomic E-state index is 3.60. The van der Waals surface area contributed by atoms with Gasteiger partial charge in [0.05, 0.1) is 0 Å². The third-order valence-electron chi connectivity index (χ3n) is 4.75. The van der Waals surface area contributed by atoms with E-state index in [2.05, 4.69) is 24.1 Å². The van der Waals surface area contributed by atoms with Crippen LogP contribution in [0.4, 0.5) is 0 Å². The molecule has 1 N–H and O–H groups in total. The third-order valence-corrected chi connectivity index (χ3v) is 4.75. The highest BCUT2D eigenvalue weighted by Crippen LogP contribution is 2.43. The van der Waals surface area contributed by atoms with Crippen LogP contribution in [-0.2, 0) is 0 Å². The molecule has 0 spiro atoms. The Bertz CT molecular complexity index is 225. The van der Waals surface area contributed by atoms with E-state index in [1.165, 1.54) is 71.1 Å². The molecular formula is C15H30N2. The maximum Gasteiger partial charge on any atom is 0.0334 e. The van der Waals surface area contributed by atoms with Gasteiger partial charge in [-0.1, -0.05) is 32.6 Å². The summed E-state index contributed by atoms with van der Waals surface area (Å²) in [4.78, 5) is 2.78. The molecule has 1 heterocycles. The minimum Gasteiger partial charge on any atom is -0.314 e. The molecule has 1 atom stereocenters. The zero-order valence-corrected chi connectivity index (χ0v) is 11.8. The highest BCUT2D eigenvalue weighted by molar-refractivity contribution is 5.02. The summed E-state index contributed by atoms with van der Waals surface area (Å²) in [5.41, 5.74) is 0.475. The Morgan fingerprint density at radius 1 is 1.18 bits per heavy atom. The minimum absolute atomic E-state index is 0.475. The molecule has 0 radical (unpaired) electrons. The van der Waals surface area contributed by atoms with Gasteiger partial charge < -0.3 is 5.32 Å². The summed E-state index contributed by atoms with van der Waals surface area (Å²) >= 11 is 0. The molecule has 1 unspecified atom stereocenters. The highest BCUT2D eigenvalue weighted by atomic mass is 15.3. The summed E-state index contributed by atoms with van der Waals surface area (Å²) in [6.07, 6.45) is 9.97. The normalized spacial score (nSPS) is 30.7. The fourth-order valence-corrected chi connectivity index (χ4v) is 3.30. The number of nitrogens with zero attached hydrogens (tertiary/aromatic N) is 1. The first-order valence-electron chi connectivity index (χ1n) is 7.73. The number of nitrogens with one attached hydrogen (secondary N) is 1. The van der Waals surface area contributed by atoms with Crippen LogP contribution in [0, 0.1) is 5.92 Å². The molecule has 2 fully saturated rings. The summed E-state index contributed by atoms with van der Waals surface area (Å²) in [6.45, 7) is 9.78. The summed E-state index contributed by atoms with van der Waals surface area (Å²) < 4.78 is 0. The Hall–Kier alpha value is -0.0800. The molecule has 100 valence electrons. The molecule has 0 aromatic heterocycles. The SMILES string of the molecule is CCCCCCCN1CCNCC1(C)C1CC1. The van der Waals surface area contributed by atoms with Gasteiger partial charge in [0, 0.05) is 25.2 Å². The van der Waals surface area contributed by atoms with Crippen LogP contribution in [0.3, 0.4) is 0 Å². The van der Waals surface area contributed by atoms with E-state index in [4.69, 9.17) is 0 Å². The van der Waals surface area contributed by atoms with Crippen molar-refractivity contribution in [2.45, 2.75) is 64.3 Å². The van der Waals surface area contributed by atoms with Gasteiger partial charge in [-0.15, -0.1) is 0 Å². The van der Waals surface area contributed by atoms with Crippen molar-refractivity contribution in [1.82, 2.24) is 10.2 Å². The molecule has 1 aliphatic heterocycles. The first-order chi connectivity index (χ1) is 8.27. The Labute approximate surface area is 107 Å². The lowest BCUT2D eigenvalue weighted by molar-refractivity contribution is 0.0542. The van der Waals surface area contributed by atoms with Gasteiger partial charge >= 0.3 is 0 Å². The van der Waals surface area contributed by atoms with Crippen LogP contribution in [0.15, 0.2) is 0 Å². The van der Waals surface area contributed by atoms with E-state index in [0.29, 0.717) is 5.54 Å². The molecule has 1 saturated carbocycles. The van der Waals surface area contributed by atoms with Gasteiger partial charge in [0.1, 0.15) is 0 Å². The van der Waals surface area contributed by atoms with Crippen molar-refractivity contribution >= 4 is 0 Å². The molecule has 0 aromatic carbocycles. The third kappa shape index (κ3) is 3.45. The van der Waals surface area contributed by atoms with E-state index < -0.39 is 0 Å². The molecule has 1 aliphatic carbocycles. The Balaban J connectivity index is 1.73. The predicted octanol–water partition coefficient (Wildman–Crippen LogP) is 3.03. The van der Waals surface area contributed by atoms with Crippen LogP contribution in [0.5, 0.6) is 0 Å². The lowest BCUT2D eigenvalue weighted by atomic mass is 9.91. The van der Waals surface area contributed by atoms with Gasteiger partial charge in [-0.25, -0.2) is 0 Å². The van der Waals surface area contributed by atoms with Gasteiger partial charge in [0.15, 0.2) is 0 Å². The van der Waals surface area contributed by atoms with Crippen molar-refractivity contribution in [2.24, 2.45) is 5.92 Å². The number of unbranched alkanes of at least 4 members (excludes halogenated alkanes) is 4. The van der Waals surface area contributed by atoms with Crippen LogP contribution in [0.25, 0.3) is 0 Å². The number of hydrogen-bond donors (Lipinski definition) is 1. The van der Waals surface area contributed by atoms with Crippen molar-refractivity contribution in [3.8, 4) is 0 Å². The highest BCUT2D eigenvalue weighted by Gasteiger charge is 2.46. The van der Waals surface area contributed by atoms with Crippen molar-refractivity contribution < 1.29 is 0 Å². The average molecular weight is 238 g/mol. The number of hydrogen-bond acceptors (Lipinski definition) is 2. The fourth-order valence-electron chi connectivity index (χ4n) is 3.30. The molecule has 0 bridgehead atoms. The second-order valence-corrected chi connectivity index (χ2v) is 6.21. The Morgan fingerprint density at radius 2 is 1.94 bits per heavy atom. The molecule has 0 aromatic rings. The van der Waals surface area contributed by atoms with Gasteiger partial charge in [-0.2, -0.15) is 0 Å². The van der Waals surface area contributed by atoms with E-state index in [1.807, 2.05) is 0 Å². The molecular weight excluding hydrogens is 208 g/mol. The summed E-state index contributed by atoms with van der Waals surface area (Å²) in [5.74, 6) is 0.978. The van der Waals surface area contributed by atoms with Gasteiger partial charge in [-0.05, 0) is 38.6 Å². The second kappa shape index (κ2) is 6.19. The van der Waals surface area contributed by atoms with E-state index in [9.17, 15) is 0 Å². The van der Waals surface area contributed by atoms with E-state index in [1.54, 1.807) is 0 Å². The first kappa shape index (κ1) is 13.4. The van der Waals surface area contributed by atoms with Crippen LogP contribution in [-0.4, -0.2) is 36.6 Å². The largest absolute Gasteiger partial charge is 0.314 e. The standard InChI is InChI=1S/C15H30N2/c1-3-4-5-6-7-11-17-12-10-16-13-15(17,2)14-8-9-14/h14,16H,3-13H2,1-2H3. The van der Waals surface area contributed by atoms with E-state index in [-0.39, 0.29) is 0 Å². The van der Waals surface area contributed by atoms with Crippen LogP contribution >= 0.6 is 0 Å². The number of rotatable bonds is 7. The topological polar surface area (TPSA) is 15.3 Å². The minimum atomic E-state index is 0.475. The predicted molar refractivity (Wildman–Crippen MR) is 74.3 cm³/mol. The van der Waals surface area contributed by atoms with Gasteiger partial charge in [-0.3, -0.25) is 4.90 Å². The van der Waals surface area contributed by atoms with Gasteiger partial charge in [0.2, 0.25) is 0 Å². The molecule has 0 amide bonds. The molecule has 1 saturated heterocycles. The van der Waals surface area contributed by atoms with Crippen molar-refractivity contribution in [3.05, 3.63) is 0 Å². The summed E-state index contributed by atoms with van der Waals surface area (Å²) in [7, 11) is 0. The van der Waals surface area contributed by atoms with Crippen molar-refractivity contribution in [2.75, 3.05) is 26.2 Å². The van der Waals surface area contributed by atoms with Crippen LogP contribution in [0.2, 0.25) is 0 Å². The Morgan fingerprint density at radius 3 is 2.65 bits per heavy atom. The lowest BCUT2D eigenvalue weighted by Gasteiger charge is -2.46. The second-order valence-electron chi connectivity index (χ2n) is 6.21. The maximum atomic E-state index is 3.60. The lowest BCUT2D eigenvalue weighted by Crippen LogP contribution is -2.61. The van der Waals surface area contributed by atoms with Crippen molar-refractivity contribution in [1.29, 1.82) is 0 Å². The Kier molecular flexibility index (Phi) is 4.87. The van der Waals surface area contributed by atoms with Crippen LogP contribution in [0.1, 0.15) is 58.8 Å². The molecule has 2 heteroatoms. The molecule has 17 heavy (non-hydrogen) atoms. The van der Waals surface area contributed by atoms with Crippen LogP contribution < -0.4 is 5.32 Å². The first-order valence-corrected chi connectivity index (χ1v) is 7.73. The molecule has 2 aliphatic rings. The summed E-state index contributed by atoms with van der Waals surface area (Å²) in [5, 5.41) is 3.60. The number of piperazine rings is 1. The molecule has 2 nitrogen and oxygen atoms in total. The van der Waals surface area contributed by atoms with E-state index >= 15 is 0 Å². The average Bonchev–Trinajstić information content (AvgIpc) is 3.15. The summed E-state index contributed by atoms with van der Waals surface area (Å²) in [6, 6.07) is 0. The van der Waals surface area contributed by atoms with Gasteiger partial charge in [0.25, 0.3) is 0 Å². The fraction of sp³-hybridized carbons (Fsp3) is 1.00. The molecule has 2 rings (SSSR count). The van der Waals surface area contributed by atoms with Crippen molar-refractivity contribution in [3.63, 3.8) is 0 Å². The monoisotopic (exact) mass is 238 g/mol. The van der Waals surface area contributed by atoms with E-state index in [0.717, 1.165) is 5.92 Å².